The van der Waals surface area contributed by atoms with Gasteiger partial charge in [-0.3, -0.25) is 14.3 Å². The zero-order chi connectivity index (χ0) is 13.7. The minimum atomic E-state index is -1.66. The summed E-state index contributed by atoms with van der Waals surface area (Å²) >= 11 is 0. The predicted molar refractivity (Wildman–Crippen MR) is 62.4 cm³/mol. The molecule has 1 atom stereocenters. The van der Waals surface area contributed by atoms with Gasteiger partial charge in [0, 0.05) is 4.90 Å². The van der Waals surface area contributed by atoms with E-state index in [1.54, 1.807) is 5.32 Å². The van der Waals surface area contributed by atoms with Gasteiger partial charge in [0.15, 0.2) is 0 Å². The summed E-state index contributed by atoms with van der Waals surface area (Å²) in [6.07, 6.45) is 0. The first-order chi connectivity index (χ1) is 8.40. The van der Waals surface area contributed by atoms with E-state index >= 15 is 0 Å². The van der Waals surface area contributed by atoms with Crippen LogP contribution in [-0.2, 0) is 15.6 Å². The highest BCUT2D eigenvalue weighted by atomic mass is 32.2. The molecule has 4 N–H and O–H groups in total. The van der Waals surface area contributed by atoms with Crippen molar-refractivity contribution in [2.24, 2.45) is 5.73 Å². The van der Waals surface area contributed by atoms with Crippen molar-refractivity contribution in [1.82, 2.24) is 5.32 Å². The van der Waals surface area contributed by atoms with Crippen molar-refractivity contribution in [1.29, 1.82) is 0 Å². The number of carboxylic acid groups (broad SMARTS) is 1. The maximum atomic E-state index is 11.7. The Balaban J connectivity index is 2.70. The Kier molecular flexibility index (Phi) is 4.55. The molecule has 0 aliphatic carbocycles. The summed E-state index contributed by atoms with van der Waals surface area (Å²) in [5.74, 6) is -2.28. The smallest absolute Gasteiger partial charge is 0.335 e. The van der Waals surface area contributed by atoms with Gasteiger partial charge in [-0.1, -0.05) is 0 Å². The molecule has 0 aliphatic heterocycles. The van der Waals surface area contributed by atoms with Crippen molar-refractivity contribution in [3.63, 3.8) is 0 Å². The minimum Gasteiger partial charge on any atom is -0.478 e. The molecular formula is C10H10N2O5S. The standard InChI is InChI=1S/C10H10N2O5S/c11-10(16)12-8(13)5-18(17)7-3-1-6(2-4-7)9(14)15/h1-4H,5H2,(H,14,15)(H3,11,12,13,16). The first-order valence-corrected chi connectivity index (χ1v) is 6.03. The average molecular weight is 270 g/mol. The number of carbonyl (C=O) groups is 3. The van der Waals surface area contributed by atoms with Crippen LogP contribution in [0.2, 0.25) is 0 Å². The third kappa shape index (κ3) is 3.98. The summed E-state index contributed by atoms with van der Waals surface area (Å²) in [7, 11) is -1.66. The molecule has 0 aromatic heterocycles. The van der Waals surface area contributed by atoms with Crippen LogP contribution in [0.15, 0.2) is 29.2 Å². The summed E-state index contributed by atoms with van der Waals surface area (Å²) in [5.41, 5.74) is 4.78. The monoisotopic (exact) mass is 270 g/mol. The van der Waals surface area contributed by atoms with Crippen LogP contribution in [0.3, 0.4) is 0 Å². The number of benzene rings is 1. The number of nitrogens with two attached hydrogens (primary N) is 1. The molecule has 0 saturated heterocycles. The fraction of sp³-hybridized carbons (Fsp3) is 0.100. The number of carboxylic acids is 1. The number of imide groups is 1. The van der Waals surface area contributed by atoms with E-state index in [-0.39, 0.29) is 5.56 Å². The van der Waals surface area contributed by atoms with E-state index in [4.69, 9.17) is 10.8 Å². The normalized spacial score (nSPS) is 11.6. The third-order valence-corrected chi connectivity index (χ3v) is 3.21. The molecule has 1 aromatic rings. The Hall–Kier alpha value is -2.22. The number of urea groups is 1. The maximum Gasteiger partial charge on any atom is 0.335 e. The van der Waals surface area contributed by atoms with Gasteiger partial charge in [0.2, 0.25) is 5.91 Å². The van der Waals surface area contributed by atoms with Crippen molar-refractivity contribution < 1.29 is 23.7 Å². The van der Waals surface area contributed by atoms with Gasteiger partial charge in [-0.05, 0) is 24.3 Å². The van der Waals surface area contributed by atoms with Crippen molar-refractivity contribution >= 4 is 28.7 Å². The number of amides is 3. The lowest BCUT2D eigenvalue weighted by molar-refractivity contribution is -0.117. The Morgan fingerprint density at radius 2 is 1.78 bits per heavy atom. The maximum absolute atomic E-state index is 11.7. The van der Waals surface area contributed by atoms with Crippen LogP contribution in [0.25, 0.3) is 0 Å². The molecule has 18 heavy (non-hydrogen) atoms. The zero-order valence-electron chi connectivity index (χ0n) is 9.08. The second-order valence-corrected chi connectivity index (χ2v) is 4.68. The Bertz CT molecular complexity index is 512. The van der Waals surface area contributed by atoms with Crippen molar-refractivity contribution in [3.8, 4) is 0 Å². The number of nitrogens with one attached hydrogen (secondary N) is 1. The summed E-state index contributed by atoms with van der Waals surface area (Å²) < 4.78 is 11.7. The lowest BCUT2D eigenvalue weighted by Gasteiger charge is -2.02. The van der Waals surface area contributed by atoms with Crippen molar-refractivity contribution in [2.75, 3.05) is 5.75 Å². The molecule has 1 rings (SSSR count). The van der Waals surface area contributed by atoms with Crippen LogP contribution in [0.4, 0.5) is 4.79 Å². The largest absolute Gasteiger partial charge is 0.478 e. The molecule has 1 aromatic carbocycles. The molecule has 96 valence electrons. The van der Waals surface area contributed by atoms with Gasteiger partial charge in [-0.15, -0.1) is 0 Å². The number of rotatable bonds is 4. The molecule has 0 radical (unpaired) electrons. The molecule has 8 heteroatoms. The highest BCUT2D eigenvalue weighted by Crippen LogP contribution is 2.09. The predicted octanol–water partition coefficient (Wildman–Crippen LogP) is -0.313. The van der Waals surface area contributed by atoms with E-state index in [2.05, 4.69) is 0 Å². The summed E-state index contributed by atoms with van der Waals surface area (Å²) in [6, 6.07) is 4.23. The molecule has 7 nitrogen and oxygen atoms in total. The molecule has 1 unspecified atom stereocenters. The van der Waals surface area contributed by atoms with Crippen LogP contribution < -0.4 is 11.1 Å². The number of aromatic carboxylic acids is 1. The average Bonchev–Trinajstić information content (AvgIpc) is 2.27. The zero-order valence-corrected chi connectivity index (χ0v) is 9.90. The summed E-state index contributed by atoms with van der Waals surface area (Å²) in [4.78, 5) is 32.4. The van der Waals surface area contributed by atoms with E-state index < -0.39 is 34.5 Å². The van der Waals surface area contributed by atoms with Gasteiger partial charge < -0.3 is 10.8 Å². The van der Waals surface area contributed by atoms with E-state index in [9.17, 15) is 18.6 Å². The lowest BCUT2D eigenvalue weighted by atomic mass is 10.2. The van der Waals surface area contributed by atoms with Gasteiger partial charge in [-0.25, -0.2) is 9.59 Å². The lowest BCUT2D eigenvalue weighted by Crippen LogP contribution is -2.37. The Morgan fingerprint density at radius 1 is 1.22 bits per heavy atom. The fourth-order valence-corrected chi connectivity index (χ4v) is 2.04. The second kappa shape index (κ2) is 5.92. The molecule has 3 amide bonds. The first-order valence-electron chi connectivity index (χ1n) is 4.71. The van der Waals surface area contributed by atoms with Gasteiger partial charge in [-0.2, -0.15) is 0 Å². The summed E-state index contributed by atoms with van der Waals surface area (Å²) in [5, 5.41) is 10.5. The molecule has 0 spiro atoms. The van der Waals surface area contributed by atoms with Crippen molar-refractivity contribution in [3.05, 3.63) is 29.8 Å². The second-order valence-electron chi connectivity index (χ2n) is 3.23. The van der Waals surface area contributed by atoms with E-state index in [1.165, 1.54) is 24.3 Å². The SMILES string of the molecule is NC(=O)NC(=O)CS(=O)c1ccc(C(=O)O)cc1. The molecule has 0 saturated carbocycles. The van der Waals surface area contributed by atoms with Gasteiger partial charge in [0.1, 0.15) is 5.75 Å². The molecule has 0 bridgehead atoms. The van der Waals surface area contributed by atoms with Crippen LogP contribution in [-0.4, -0.2) is 33.0 Å². The van der Waals surface area contributed by atoms with Gasteiger partial charge in [0.05, 0.1) is 16.4 Å². The van der Waals surface area contributed by atoms with Gasteiger partial charge >= 0.3 is 12.0 Å². The number of primary amides is 1. The highest BCUT2D eigenvalue weighted by Gasteiger charge is 2.12. The molecular weight excluding hydrogens is 260 g/mol. The van der Waals surface area contributed by atoms with Crippen LogP contribution >= 0.6 is 0 Å². The molecule has 0 heterocycles. The van der Waals surface area contributed by atoms with Crippen molar-refractivity contribution in [2.45, 2.75) is 4.90 Å². The van der Waals surface area contributed by atoms with E-state index in [1.807, 2.05) is 0 Å². The minimum absolute atomic E-state index is 0.0531. The van der Waals surface area contributed by atoms with E-state index in [0.29, 0.717) is 4.90 Å². The Morgan fingerprint density at radius 3 is 2.22 bits per heavy atom. The fourth-order valence-electron chi connectivity index (χ4n) is 1.13. The quantitative estimate of drug-likeness (QED) is 0.691. The third-order valence-electron chi connectivity index (χ3n) is 1.89. The Labute approximate surface area is 104 Å². The number of hydrogen-bond acceptors (Lipinski definition) is 4. The highest BCUT2D eigenvalue weighted by molar-refractivity contribution is 7.85. The van der Waals surface area contributed by atoms with E-state index in [0.717, 1.165) is 0 Å². The molecule has 0 fully saturated rings. The van der Waals surface area contributed by atoms with Crippen LogP contribution in [0.1, 0.15) is 10.4 Å². The number of hydrogen-bond donors (Lipinski definition) is 3. The topological polar surface area (TPSA) is 127 Å². The molecule has 0 aliphatic rings. The van der Waals surface area contributed by atoms with Gasteiger partial charge in [0.25, 0.3) is 0 Å². The summed E-state index contributed by atoms with van der Waals surface area (Å²) in [6.45, 7) is 0. The van der Waals surface area contributed by atoms with Crippen LogP contribution in [0.5, 0.6) is 0 Å². The van der Waals surface area contributed by atoms with Crippen LogP contribution in [0, 0.1) is 0 Å². The first kappa shape index (κ1) is 13.8. The number of carbonyl (C=O) groups excluding carboxylic acids is 2.